The molecular weight excluding hydrogens is 260 g/mol. The third-order valence-electron chi connectivity index (χ3n) is 4.25. The average molecular weight is 276 g/mol. The molecule has 3 rings (SSSR count). The van der Waals surface area contributed by atoms with Crippen LogP contribution in [0, 0.1) is 10.1 Å². The number of rotatable bonds is 3. The molecule has 1 aromatic rings. The third kappa shape index (κ3) is 1.74. The zero-order valence-electron chi connectivity index (χ0n) is 11.4. The highest BCUT2D eigenvalue weighted by atomic mass is 16.6. The first-order valence-corrected chi connectivity index (χ1v) is 6.50. The maximum Gasteiger partial charge on any atom is 0.282 e. The van der Waals surface area contributed by atoms with Gasteiger partial charge in [0.25, 0.3) is 11.6 Å². The lowest BCUT2D eigenvalue weighted by Crippen LogP contribution is -2.78. The number of likely N-dealkylation sites (tertiary alicyclic amines) is 1. The third-order valence-corrected chi connectivity index (χ3v) is 4.25. The minimum atomic E-state index is -0.523. The highest BCUT2D eigenvalue weighted by Gasteiger charge is 2.49. The summed E-state index contributed by atoms with van der Waals surface area (Å²) in [6.07, 6.45) is 0. The fraction of sp³-hybridized carbons (Fsp3) is 0.462. The standard InChI is InChI=1S/C13H16N4O3/c1-14-13(18)9-5-8(3-4-10(9)17(19)20)16-7-11-12(16)6-15(11)2/h3-5,11-12H,6-7H2,1-2H3,(H,14,18)/t11-,12?/m1/s1. The number of carbonyl (C=O) groups excluding carboxylic acids is 1. The summed E-state index contributed by atoms with van der Waals surface area (Å²) in [6.45, 7) is 1.91. The van der Waals surface area contributed by atoms with Crippen molar-refractivity contribution in [1.29, 1.82) is 0 Å². The van der Waals surface area contributed by atoms with Crippen LogP contribution in [0.5, 0.6) is 0 Å². The number of hydrogen-bond acceptors (Lipinski definition) is 5. The number of nitro benzene ring substituents is 1. The molecule has 1 aromatic carbocycles. The molecule has 0 aromatic heterocycles. The Hall–Kier alpha value is -2.15. The van der Waals surface area contributed by atoms with Crippen LogP contribution in [0.1, 0.15) is 10.4 Å². The zero-order chi connectivity index (χ0) is 14.4. The van der Waals surface area contributed by atoms with Gasteiger partial charge in [-0.2, -0.15) is 0 Å². The van der Waals surface area contributed by atoms with Crippen LogP contribution in [0.4, 0.5) is 11.4 Å². The molecule has 1 unspecified atom stereocenters. The largest absolute Gasteiger partial charge is 0.364 e. The fourth-order valence-corrected chi connectivity index (χ4v) is 2.95. The summed E-state index contributed by atoms with van der Waals surface area (Å²) in [5.41, 5.74) is 0.838. The summed E-state index contributed by atoms with van der Waals surface area (Å²) in [7, 11) is 3.56. The molecule has 0 saturated carbocycles. The number of piperazine rings is 1. The van der Waals surface area contributed by atoms with E-state index in [1.807, 2.05) is 0 Å². The minimum absolute atomic E-state index is 0.117. The SMILES string of the molecule is CNC(=O)c1cc(N2C[C@@H]3C2CN3C)ccc1[N+](=O)[O-]. The molecular formula is C13H16N4O3. The van der Waals surface area contributed by atoms with Crippen LogP contribution in [0.25, 0.3) is 0 Å². The van der Waals surface area contributed by atoms with Crippen molar-refractivity contribution >= 4 is 17.3 Å². The second-order valence-electron chi connectivity index (χ2n) is 5.26. The van der Waals surface area contributed by atoms with Crippen LogP contribution in [0.3, 0.4) is 0 Å². The van der Waals surface area contributed by atoms with Crippen molar-refractivity contribution in [2.24, 2.45) is 0 Å². The van der Waals surface area contributed by atoms with E-state index in [1.54, 1.807) is 12.1 Å². The Morgan fingerprint density at radius 1 is 1.40 bits per heavy atom. The van der Waals surface area contributed by atoms with Gasteiger partial charge in [-0.25, -0.2) is 0 Å². The van der Waals surface area contributed by atoms with Crippen molar-refractivity contribution in [2.45, 2.75) is 12.1 Å². The molecule has 2 aliphatic rings. The van der Waals surface area contributed by atoms with E-state index in [0.29, 0.717) is 12.1 Å². The molecule has 20 heavy (non-hydrogen) atoms. The molecule has 1 amide bonds. The summed E-state index contributed by atoms with van der Waals surface area (Å²) >= 11 is 0. The maximum atomic E-state index is 11.8. The number of nitrogens with zero attached hydrogens (tertiary/aromatic N) is 3. The Kier molecular flexibility index (Phi) is 2.86. The van der Waals surface area contributed by atoms with E-state index in [2.05, 4.69) is 22.2 Å². The molecule has 2 aliphatic heterocycles. The molecule has 106 valence electrons. The highest BCUT2D eigenvalue weighted by molar-refractivity contribution is 5.99. The number of nitrogens with one attached hydrogen (secondary N) is 1. The fourth-order valence-electron chi connectivity index (χ4n) is 2.95. The van der Waals surface area contributed by atoms with Crippen LogP contribution in [0.2, 0.25) is 0 Å². The summed E-state index contributed by atoms with van der Waals surface area (Å²) in [4.78, 5) is 26.7. The molecule has 0 bridgehead atoms. The van der Waals surface area contributed by atoms with Gasteiger partial charge in [-0.3, -0.25) is 19.8 Å². The van der Waals surface area contributed by atoms with E-state index in [1.165, 1.54) is 13.1 Å². The second-order valence-corrected chi connectivity index (χ2v) is 5.26. The molecule has 2 fully saturated rings. The van der Waals surface area contributed by atoms with Gasteiger partial charge in [-0.15, -0.1) is 0 Å². The Bertz CT molecular complexity index is 589. The van der Waals surface area contributed by atoms with Gasteiger partial charge in [-0.05, 0) is 19.2 Å². The van der Waals surface area contributed by atoms with Crippen LogP contribution >= 0.6 is 0 Å². The number of fused-ring (bicyclic) bond motifs is 1. The first-order chi connectivity index (χ1) is 9.52. The van der Waals surface area contributed by atoms with Crippen LogP contribution in [0.15, 0.2) is 18.2 Å². The average Bonchev–Trinajstić information content (AvgIpc) is 2.43. The van der Waals surface area contributed by atoms with Gasteiger partial charge in [0.05, 0.1) is 11.0 Å². The van der Waals surface area contributed by atoms with Gasteiger partial charge in [0.15, 0.2) is 0 Å². The van der Waals surface area contributed by atoms with Crippen molar-refractivity contribution in [3.63, 3.8) is 0 Å². The number of nitro groups is 1. The van der Waals surface area contributed by atoms with E-state index < -0.39 is 10.8 Å². The molecule has 0 spiro atoms. The zero-order valence-corrected chi connectivity index (χ0v) is 11.4. The minimum Gasteiger partial charge on any atom is -0.364 e. The Labute approximate surface area is 116 Å². The Morgan fingerprint density at radius 2 is 2.15 bits per heavy atom. The van der Waals surface area contributed by atoms with E-state index in [0.717, 1.165) is 18.8 Å². The van der Waals surface area contributed by atoms with Gasteiger partial charge in [-0.1, -0.05) is 0 Å². The van der Waals surface area contributed by atoms with Gasteiger partial charge < -0.3 is 10.2 Å². The monoisotopic (exact) mass is 276 g/mol. The van der Waals surface area contributed by atoms with E-state index in [-0.39, 0.29) is 11.3 Å². The van der Waals surface area contributed by atoms with Crippen molar-refractivity contribution < 1.29 is 9.72 Å². The van der Waals surface area contributed by atoms with E-state index >= 15 is 0 Å². The first-order valence-electron chi connectivity index (χ1n) is 6.50. The predicted molar refractivity (Wildman–Crippen MR) is 74.0 cm³/mol. The van der Waals surface area contributed by atoms with Crippen molar-refractivity contribution in [3.8, 4) is 0 Å². The molecule has 2 atom stereocenters. The van der Waals surface area contributed by atoms with Gasteiger partial charge in [0, 0.05) is 37.9 Å². The number of benzene rings is 1. The van der Waals surface area contributed by atoms with Gasteiger partial charge >= 0.3 is 0 Å². The molecule has 0 radical (unpaired) electrons. The lowest BCUT2D eigenvalue weighted by Gasteiger charge is -2.62. The molecule has 0 aliphatic carbocycles. The van der Waals surface area contributed by atoms with Crippen molar-refractivity contribution in [3.05, 3.63) is 33.9 Å². The quantitative estimate of drug-likeness (QED) is 0.641. The summed E-state index contributed by atoms with van der Waals surface area (Å²) < 4.78 is 0. The van der Waals surface area contributed by atoms with Crippen LogP contribution in [-0.2, 0) is 0 Å². The lowest BCUT2D eigenvalue weighted by atomic mass is 9.85. The van der Waals surface area contributed by atoms with Crippen molar-refractivity contribution in [1.82, 2.24) is 10.2 Å². The smallest absolute Gasteiger partial charge is 0.282 e. The Balaban J connectivity index is 1.90. The van der Waals surface area contributed by atoms with Gasteiger partial charge in [0.1, 0.15) is 5.56 Å². The molecule has 2 saturated heterocycles. The molecule has 7 heteroatoms. The highest BCUT2D eigenvalue weighted by Crippen LogP contribution is 2.37. The van der Waals surface area contributed by atoms with Gasteiger partial charge in [0.2, 0.25) is 0 Å². The Morgan fingerprint density at radius 3 is 2.65 bits per heavy atom. The maximum absolute atomic E-state index is 11.8. The molecule has 1 N–H and O–H groups in total. The molecule has 7 nitrogen and oxygen atoms in total. The second kappa shape index (κ2) is 4.45. The topological polar surface area (TPSA) is 78.7 Å². The lowest BCUT2D eigenvalue weighted by molar-refractivity contribution is -0.385. The summed E-state index contributed by atoms with van der Waals surface area (Å²) in [5, 5.41) is 13.4. The van der Waals surface area contributed by atoms with E-state index in [9.17, 15) is 14.9 Å². The number of carbonyl (C=O) groups is 1. The normalized spacial score (nSPS) is 24.4. The van der Waals surface area contributed by atoms with E-state index in [4.69, 9.17) is 0 Å². The molecule has 2 heterocycles. The van der Waals surface area contributed by atoms with Crippen LogP contribution in [-0.4, -0.2) is 55.0 Å². The number of hydrogen-bond donors (Lipinski definition) is 1. The number of likely N-dealkylation sites (N-methyl/N-ethyl adjacent to an activating group) is 1. The van der Waals surface area contributed by atoms with Crippen LogP contribution < -0.4 is 10.2 Å². The number of anilines is 1. The summed E-state index contributed by atoms with van der Waals surface area (Å²) in [6, 6.07) is 5.80. The number of amides is 1. The first kappa shape index (κ1) is 12.9. The predicted octanol–water partition coefficient (Wildman–Crippen LogP) is 0.457. The summed E-state index contributed by atoms with van der Waals surface area (Å²) in [5.74, 6) is -0.429. The van der Waals surface area contributed by atoms with Crippen molar-refractivity contribution in [2.75, 3.05) is 32.1 Å².